The van der Waals surface area contributed by atoms with Crippen molar-refractivity contribution in [3.05, 3.63) is 30.0 Å². The number of methoxy groups -OCH3 is 2. The van der Waals surface area contributed by atoms with Gasteiger partial charge in [-0.15, -0.1) is 0 Å². The van der Waals surface area contributed by atoms with Crippen molar-refractivity contribution in [1.82, 2.24) is 20.9 Å². The summed E-state index contributed by atoms with van der Waals surface area (Å²) in [6.45, 7) is 3.28. The van der Waals surface area contributed by atoms with Crippen molar-refractivity contribution in [3.63, 3.8) is 0 Å². The molecule has 3 amide bonds. The fourth-order valence-electron chi connectivity index (χ4n) is 4.46. The maximum atomic E-state index is 13.4. The molecule has 13 nitrogen and oxygen atoms in total. The summed E-state index contributed by atoms with van der Waals surface area (Å²) >= 11 is 0. The first kappa shape index (κ1) is 30.4. The molecular weight excluding hydrogens is 524 g/mol. The van der Waals surface area contributed by atoms with Gasteiger partial charge >= 0.3 is 6.16 Å². The standard InChI is InChI=1S/C27H36N4O9/c1-15(2)10-20(31-26(35)21-12-17-18(29-21)6-5-7-23(17)37-3)25(34)30-19(11-16-8-9-28-24(16)33)22(32)13-39-14-40-27(36)38-4/h5-7,12,15-16,19-20,29H,8-11,13-14H2,1-4H3,(H,28,33)(H,30,34)(H,31,35)/t16-,19-,20-/m0/s1. The number of fused-ring (bicyclic) bond motifs is 1. The molecule has 3 atom stereocenters. The Hall–Kier alpha value is -4.13. The van der Waals surface area contributed by atoms with Crippen molar-refractivity contribution >= 4 is 40.6 Å². The van der Waals surface area contributed by atoms with Gasteiger partial charge in [0.1, 0.15) is 24.1 Å². The number of hydrogen-bond donors (Lipinski definition) is 4. The van der Waals surface area contributed by atoms with Crippen LogP contribution in [0.4, 0.5) is 4.79 Å². The third kappa shape index (κ3) is 8.18. The first-order valence-corrected chi connectivity index (χ1v) is 13.0. The average Bonchev–Trinajstić information content (AvgIpc) is 3.55. The third-order valence-electron chi connectivity index (χ3n) is 6.48. The summed E-state index contributed by atoms with van der Waals surface area (Å²) < 4.78 is 19.4. The number of carbonyl (C=O) groups excluding carboxylic acids is 5. The van der Waals surface area contributed by atoms with E-state index in [1.54, 1.807) is 24.3 Å². The van der Waals surface area contributed by atoms with E-state index in [1.807, 2.05) is 13.8 Å². The Morgan fingerprint density at radius 1 is 1.10 bits per heavy atom. The summed E-state index contributed by atoms with van der Waals surface area (Å²) in [7, 11) is 2.67. The number of amides is 3. The van der Waals surface area contributed by atoms with E-state index in [0.717, 1.165) is 12.5 Å². The van der Waals surface area contributed by atoms with Gasteiger partial charge in [-0.05, 0) is 43.4 Å². The van der Waals surface area contributed by atoms with E-state index in [0.29, 0.717) is 30.7 Å². The SMILES string of the molecule is COC(=O)OCOCC(=O)[C@H](C[C@@H]1CCNC1=O)NC(=O)[C@H](CC(C)C)NC(=O)c1cc2c(OC)cccc2[nH]1. The molecule has 4 N–H and O–H groups in total. The molecule has 0 saturated carbocycles. The second-order valence-corrected chi connectivity index (χ2v) is 9.86. The van der Waals surface area contributed by atoms with Crippen molar-refractivity contribution in [1.29, 1.82) is 0 Å². The Balaban J connectivity index is 1.72. The molecule has 1 aliphatic heterocycles. The molecule has 1 aromatic heterocycles. The van der Waals surface area contributed by atoms with E-state index in [-0.39, 0.29) is 23.9 Å². The number of H-pyrrole nitrogens is 1. The molecule has 218 valence electrons. The van der Waals surface area contributed by atoms with E-state index in [9.17, 15) is 24.0 Å². The molecule has 3 rings (SSSR count). The predicted molar refractivity (Wildman–Crippen MR) is 143 cm³/mol. The van der Waals surface area contributed by atoms with E-state index < -0.39 is 55.2 Å². The highest BCUT2D eigenvalue weighted by Crippen LogP contribution is 2.26. The number of rotatable bonds is 14. The molecule has 0 spiro atoms. The number of nitrogens with one attached hydrogen (secondary N) is 4. The molecular formula is C27H36N4O9. The molecule has 2 heterocycles. The number of carbonyl (C=O) groups is 5. The first-order valence-electron chi connectivity index (χ1n) is 13.0. The van der Waals surface area contributed by atoms with Gasteiger partial charge in [0, 0.05) is 23.4 Å². The van der Waals surface area contributed by atoms with Crippen LogP contribution in [0.3, 0.4) is 0 Å². The van der Waals surface area contributed by atoms with Crippen molar-refractivity contribution in [3.8, 4) is 5.75 Å². The van der Waals surface area contributed by atoms with Crippen molar-refractivity contribution in [2.45, 2.75) is 45.2 Å². The highest BCUT2D eigenvalue weighted by atomic mass is 16.8. The van der Waals surface area contributed by atoms with E-state index in [2.05, 4.69) is 30.4 Å². The van der Waals surface area contributed by atoms with Crippen LogP contribution in [-0.2, 0) is 28.6 Å². The van der Waals surface area contributed by atoms with E-state index in [4.69, 9.17) is 9.47 Å². The van der Waals surface area contributed by atoms with Gasteiger partial charge in [0.15, 0.2) is 12.6 Å². The number of aromatic nitrogens is 1. The van der Waals surface area contributed by atoms with Crippen LogP contribution in [0.15, 0.2) is 24.3 Å². The Labute approximate surface area is 231 Å². The minimum atomic E-state index is -1.07. The number of ether oxygens (including phenoxy) is 4. The van der Waals surface area contributed by atoms with Crippen molar-refractivity contribution in [2.75, 3.05) is 34.2 Å². The predicted octanol–water partition coefficient (Wildman–Crippen LogP) is 1.66. The molecule has 0 bridgehead atoms. The fourth-order valence-corrected chi connectivity index (χ4v) is 4.46. The Kier molecular flexibility index (Phi) is 10.9. The van der Waals surface area contributed by atoms with Crippen molar-refractivity contribution in [2.24, 2.45) is 11.8 Å². The lowest BCUT2D eigenvalue weighted by atomic mass is 9.95. The largest absolute Gasteiger partial charge is 0.510 e. The third-order valence-corrected chi connectivity index (χ3v) is 6.48. The van der Waals surface area contributed by atoms with Crippen LogP contribution < -0.4 is 20.7 Å². The lowest BCUT2D eigenvalue weighted by Gasteiger charge is -2.25. The molecule has 1 saturated heterocycles. The quantitative estimate of drug-likeness (QED) is 0.152. The number of ketones is 1. The number of aromatic amines is 1. The van der Waals surface area contributed by atoms with Crippen LogP contribution in [0.1, 0.15) is 43.6 Å². The molecule has 2 aromatic rings. The first-order chi connectivity index (χ1) is 19.1. The van der Waals surface area contributed by atoms with E-state index in [1.165, 1.54) is 7.11 Å². The zero-order valence-corrected chi connectivity index (χ0v) is 23.0. The monoisotopic (exact) mass is 560 g/mol. The van der Waals surface area contributed by atoms with Crippen LogP contribution in [0.5, 0.6) is 5.75 Å². The van der Waals surface area contributed by atoms with Gasteiger partial charge in [-0.25, -0.2) is 4.79 Å². The van der Waals surface area contributed by atoms with Crippen molar-refractivity contribution < 1.29 is 42.9 Å². The lowest BCUT2D eigenvalue weighted by molar-refractivity contribution is -0.135. The van der Waals surface area contributed by atoms with Gasteiger partial charge in [-0.1, -0.05) is 19.9 Å². The van der Waals surface area contributed by atoms with Gasteiger partial charge in [0.05, 0.1) is 20.3 Å². The molecule has 1 aromatic carbocycles. The zero-order chi connectivity index (χ0) is 29.2. The summed E-state index contributed by atoms with van der Waals surface area (Å²) in [6, 6.07) is 5.00. The summed E-state index contributed by atoms with van der Waals surface area (Å²) in [5.41, 5.74) is 0.946. The Morgan fingerprint density at radius 3 is 2.52 bits per heavy atom. The van der Waals surface area contributed by atoms with Crippen LogP contribution in [0.25, 0.3) is 10.9 Å². The molecule has 0 radical (unpaired) electrons. The van der Waals surface area contributed by atoms with Gasteiger partial charge < -0.3 is 39.9 Å². The summed E-state index contributed by atoms with van der Waals surface area (Å²) in [5.74, 6) is -1.63. The summed E-state index contributed by atoms with van der Waals surface area (Å²) in [6.07, 6.45) is -0.0986. The zero-order valence-electron chi connectivity index (χ0n) is 23.0. The second-order valence-electron chi connectivity index (χ2n) is 9.86. The smallest absolute Gasteiger partial charge is 0.496 e. The maximum absolute atomic E-state index is 13.4. The lowest BCUT2D eigenvalue weighted by Crippen LogP contribution is -2.53. The van der Waals surface area contributed by atoms with Crippen LogP contribution in [0, 0.1) is 11.8 Å². The maximum Gasteiger partial charge on any atom is 0.510 e. The average molecular weight is 561 g/mol. The van der Waals surface area contributed by atoms with Gasteiger partial charge in [0.25, 0.3) is 5.91 Å². The molecule has 0 aliphatic carbocycles. The molecule has 1 aliphatic rings. The minimum absolute atomic E-state index is 0.0347. The highest BCUT2D eigenvalue weighted by molar-refractivity contribution is 6.02. The number of Topliss-reactive ketones (excluding diaryl/α,β-unsaturated/α-hetero) is 1. The Bertz CT molecular complexity index is 1230. The Morgan fingerprint density at radius 2 is 1.88 bits per heavy atom. The summed E-state index contributed by atoms with van der Waals surface area (Å²) in [5, 5.41) is 8.91. The molecule has 40 heavy (non-hydrogen) atoms. The normalized spacial score (nSPS) is 16.2. The second kappa shape index (κ2) is 14.3. The molecule has 0 unspecified atom stereocenters. The number of benzene rings is 1. The summed E-state index contributed by atoms with van der Waals surface area (Å²) in [4.78, 5) is 65.9. The van der Waals surface area contributed by atoms with Gasteiger partial charge in [-0.3, -0.25) is 19.2 Å². The van der Waals surface area contributed by atoms with Crippen LogP contribution >= 0.6 is 0 Å². The fraction of sp³-hybridized carbons (Fsp3) is 0.519. The molecule has 13 heteroatoms. The number of hydrogen-bond acceptors (Lipinski definition) is 9. The molecule has 1 fully saturated rings. The van der Waals surface area contributed by atoms with Crippen LogP contribution in [0.2, 0.25) is 0 Å². The van der Waals surface area contributed by atoms with Gasteiger partial charge in [0.2, 0.25) is 11.8 Å². The van der Waals surface area contributed by atoms with Crippen LogP contribution in [-0.4, -0.2) is 80.9 Å². The minimum Gasteiger partial charge on any atom is -0.496 e. The topological polar surface area (TPSA) is 174 Å². The van der Waals surface area contributed by atoms with E-state index >= 15 is 0 Å². The van der Waals surface area contributed by atoms with Gasteiger partial charge in [-0.2, -0.15) is 0 Å². The highest BCUT2D eigenvalue weighted by Gasteiger charge is 2.33.